The van der Waals surface area contributed by atoms with Crippen molar-refractivity contribution < 1.29 is 0 Å². The number of tetrazole rings is 1. The van der Waals surface area contributed by atoms with Crippen molar-refractivity contribution in [3.63, 3.8) is 0 Å². The van der Waals surface area contributed by atoms with Crippen LogP contribution in [0.3, 0.4) is 0 Å². The first-order valence-corrected chi connectivity index (χ1v) is 12.2. The van der Waals surface area contributed by atoms with E-state index >= 15 is 0 Å². The van der Waals surface area contributed by atoms with E-state index in [-0.39, 0.29) is 17.5 Å². The van der Waals surface area contributed by atoms with E-state index in [1.807, 2.05) is 30.3 Å². The van der Waals surface area contributed by atoms with Crippen LogP contribution in [0.4, 0.5) is 0 Å². The number of hydrogen-bond acceptors (Lipinski definition) is 6. The predicted molar refractivity (Wildman–Crippen MR) is 135 cm³/mol. The molecule has 0 bridgehead atoms. The molecule has 1 aromatic carbocycles. The van der Waals surface area contributed by atoms with Crippen molar-refractivity contribution in [3.05, 3.63) is 80.5 Å². The van der Waals surface area contributed by atoms with E-state index in [1.165, 1.54) is 4.57 Å². The number of imidazole rings is 1. The number of unbranched alkanes of at least 4 members (excludes halogenated alkanes) is 2. The second kappa shape index (κ2) is 11.3. The number of rotatable bonds is 12. The van der Waals surface area contributed by atoms with Gasteiger partial charge in [-0.05, 0) is 35.2 Å². The van der Waals surface area contributed by atoms with E-state index in [0.29, 0.717) is 49.5 Å². The first kappa shape index (κ1) is 24.6. The Kier molecular flexibility index (Phi) is 7.91. The summed E-state index contributed by atoms with van der Waals surface area (Å²) in [6.07, 6.45) is 5.44. The van der Waals surface area contributed by atoms with Crippen LogP contribution >= 0.6 is 11.6 Å². The van der Waals surface area contributed by atoms with Gasteiger partial charge in [0.15, 0.2) is 17.0 Å². The van der Waals surface area contributed by atoms with Crippen molar-refractivity contribution in [3.8, 4) is 0 Å². The molecule has 184 valence electrons. The smallest absolute Gasteiger partial charge is 0.305 e. The van der Waals surface area contributed by atoms with Gasteiger partial charge in [-0.2, -0.15) is 9.78 Å². The van der Waals surface area contributed by atoms with Crippen LogP contribution in [0.1, 0.15) is 44.0 Å². The van der Waals surface area contributed by atoms with Crippen LogP contribution in [0.25, 0.3) is 11.2 Å². The maximum Gasteiger partial charge on any atom is 0.332 e. The number of nitrogens with zero attached hydrogens (tertiary/aromatic N) is 8. The molecule has 0 radical (unpaired) electrons. The maximum atomic E-state index is 13.3. The van der Waals surface area contributed by atoms with Gasteiger partial charge in [0.25, 0.3) is 5.56 Å². The molecule has 4 aromatic rings. The van der Waals surface area contributed by atoms with Crippen molar-refractivity contribution in [1.29, 1.82) is 0 Å². The SMILES string of the molecule is C=CCn1c(Cl)nc2c1c(=O)n(CCCc1nnn(Cc3ccccc3)n1)c(=O)n2CCCCC. The van der Waals surface area contributed by atoms with Crippen LogP contribution in [-0.2, 0) is 32.6 Å². The fourth-order valence-electron chi connectivity index (χ4n) is 4.06. The highest BCUT2D eigenvalue weighted by Crippen LogP contribution is 2.17. The molecule has 0 aliphatic carbocycles. The summed E-state index contributed by atoms with van der Waals surface area (Å²) in [7, 11) is 0. The number of allylic oxidation sites excluding steroid dienone is 1. The topological polar surface area (TPSA) is 105 Å². The molecule has 0 saturated carbocycles. The lowest BCUT2D eigenvalue weighted by molar-refractivity contribution is 0.521. The number of fused-ring (bicyclic) bond motifs is 1. The quantitative estimate of drug-likeness (QED) is 0.169. The van der Waals surface area contributed by atoms with Crippen molar-refractivity contribution >= 4 is 22.8 Å². The molecule has 0 aliphatic heterocycles. The van der Waals surface area contributed by atoms with Gasteiger partial charge in [-0.3, -0.25) is 13.9 Å². The van der Waals surface area contributed by atoms with Gasteiger partial charge in [0.1, 0.15) is 0 Å². The largest absolute Gasteiger partial charge is 0.332 e. The molecule has 11 heteroatoms. The summed E-state index contributed by atoms with van der Waals surface area (Å²) in [6, 6.07) is 9.88. The Balaban J connectivity index is 1.56. The molecule has 3 heterocycles. The molecule has 35 heavy (non-hydrogen) atoms. The van der Waals surface area contributed by atoms with Crippen LogP contribution < -0.4 is 11.2 Å². The lowest BCUT2D eigenvalue weighted by atomic mass is 10.2. The molecule has 0 N–H and O–H groups in total. The molecule has 0 saturated heterocycles. The fraction of sp³-hybridized carbons (Fsp3) is 0.417. The zero-order valence-electron chi connectivity index (χ0n) is 19.8. The summed E-state index contributed by atoms with van der Waals surface area (Å²) >= 11 is 6.32. The van der Waals surface area contributed by atoms with Gasteiger partial charge in [-0.25, -0.2) is 4.79 Å². The monoisotopic (exact) mass is 496 g/mol. The fourth-order valence-corrected chi connectivity index (χ4v) is 4.30. The van der Waals surface area contributed by atoms with Gasteiger partial charge >= 0.3 is 5.69 Å². The third-order valence-electron chi connectivity index (χ3n) is 5.81. The maximum absolute atomic E-state index is 13.3. The van der Waals surface area contributed by atoms with Gasteiger partial charge in [-0.15, -0.1) is 16.8 Å². The highest BCUT2D eigenvalue weighted by molar-refractivity contribution is 6.29. The average molecular weight is 497 g/mol. The zero-order chi connectivity index (χ0) is 24.8. The minimum absolute atomic E-state index is 0.164. The van der Waals surface area contributed by atoms with Gasteiger partial charge in [-0.1, -0.05) is 56.2 Å². The summed E-state index contributed by atoms with van der Waals surface area (Å²) in [4.78, 5) is 32.5. The van der Waals surface area contributed by atoms with E-state index in [2.05, 4.69) is 33.9 Å². The third-order valence-corrected chi connectivity index (χ3v) is 6.10. The lowest BCUT2D eigenvalue weighted by Crippen LogP contribution is -2.41. The molecule has 0 fully saturated rings. The number of benzene rings is 1. The Morgan fingerprint density at radius 2 is 1.80 bits per heavy atom. The Labute approximate surface area is 207 Å². The van der Waals surface area contributed by atoms with E-state index in [4.69, 9.17) is 11.6 Å². The summed E-state index contributed by atoms with van der Waals surface area (Å²) in [5, 5.41) is 12.8. The standard InChI is InChI=1S/C24H29ClN8O2/c1-3-5-9-15-31-21-20(30(14-4-2)23(25)26-21)22(34)32(24(31)35)16-10-13-19-27-29-33(28-19)17-18-11-7-6-8-12-18/h4,6-8,11-12H,2-3,5,9-10,13-17H2,1H3. The van der Waals surface area contributed by atoms with Crippen LogP contribution in [0.15, 0.2) is 52.6 Å². The Hall–Kier alpha value is -3.53. The van der Waals surface area contributed by atoms with Crippen LogP contribution in [0, 0.1) is 0 Å². The highest BCUT2D eigenvalue weighted by Gasteiger charge is 2.20. The van der Waals surface area contributed by atoms with Crippen LogP contribution in [0.2, 0.25) is 5.28 Å². The van der Waals surface area contributed by atoms with E-state index in [9.17, 15) is 9.59 Å². The molecule has 0 unspecified atom stereocenters. The minimum atomic E-state index is -0.404. The molecular formula is C24H29ClN8O2. The normalized spacial score (nSPS) is 11.4. The van der Waals surface area contributed by atoms with E-state index in [1.54, 1.807) is 20.0 Å². The molecule has 0 aliphatic rings. The number of aromatic nitrogens is 8. The van der Waals surface area contributed by atoms with Gasteiger partial charge in [0.05, 0.1) is 6.54 Å². The summed E-state index contributed by atoms with van der Waals surface area (Å²) in [6.45, 7) is 7.39. The summed E-state index contributed by atoms with van der Waals surface area (Å²) < 4.78 is 4.42. The average Bonchev–Trinajstić information content (AvgIpc) is 3.43. The van der Waals surface area contributed by atoms with Gasteiger partial charge in [0.2, 0.25) is 5.28 Å². The second-order valence-electron chi connectivity index (χ2n) is 8.38. The van der Waals surface area contributed by atoms with E-state index in [0.717, 1.165) is 24.8 Å². The second-order valence-corrected chi connectivity index (χ2v) is 8.71. The molecule has 0 atom stereocenters. The first-order chi connectivity index (χ1) is 17.0. The number of hydrogen-bond donors (Lipinski definition) is 0. The summed E-state index contributed by atoms with van der Waals surface area (Å²) in [5.41, 5.74) is 0.940. The third kappa shape index (κ3) is 5.43. The zero-order valence-corrected chi connectivity index (χ0v) is 20.6. The number of aryl methyl sites for hydroxylation is 2. The lowest BCUT2D eigenvalue weighted by Gasteiger charge is -2.12. The van der Waals surface area contributed by atoms with Crippen molar-refractivity contribution in [2.75, 3.05) is 0 Å². The van der Waals surface area contributed by atoms with Crippen LogP contribution in [0.5, 0.6) is 0 Å². The van der Waals surface area contributed by atoms with E-state index < -0.39 is 5.56 Å². The first-order valence-electron chi connectivity index (χ1n) is 11.8. The van der Waals surface area contributed by atoms with Gasteiger partial charge in [0, 0.05) is 26.1 Å². The molecule has 10 nitrogen and oxygen atoms in total. The van der Waals surface area contributed by atoms with Crippen LogP contribution in [-0.4, -0.2) is 38.9 Å². The number of halogens is 1. The predicted octanol–water partition coefficient (Wildman–Crippen LogP) is 3.06. The van der Waals surface area contributed by atoms with Crippen molar-refractivity contribution in [2.24, 2.45) is 0 Å². The molecular weight excluding hydrogens is 468 g/mol. The Bertz CT molecular complexity index is 1420. The minimum Gasteiger partial charge on any atom is -0.305 e. The van der Waals surface area contributed by atoms with Gasteiger partial charge < -0.3 is 4.57 Å². The Morgan fingerprint density at radius 1 is 1.03 bits per heavy atom. The highest BCUT2D eigenvalue weighted by atomic mass is 35.5. The molecule has 0 amide bonds. The molecule has 4 rings (SSSR count). The van der Waals surface area contributed by atoms with Crippen molar-refractivity contribution in [1.82, 2.24) is 38.9 Å². The molecule has 0 spiro atoms. The molecule has 3 aromatic heterocycles. The summed E-state index contributed by atoms with van der Waals surface area (Å²) in [5.74, 6) is 0.568. The Morgan fingerprint density at radius 3 is 2.54 bits per heavy atom. The van der Waals surface area contributed by atoms with Crippen molar-refractivity contribution in [2.45, 2.75) is 65.2 Å².